The van der Waals surface area contributed by atoms with Gasteiger partial charge in [0.05, 0.1) is 5.69 Å². The summed E-state index contributed by atoms with van der Waals surface area (Å²) < 4.78 is 38.7. The number of rotatable bonds is 7. The summed E-state index contributed by atoms with van der Waals surface area (Å²) in [6.45, 7) is 3.31. The smallest absolute Gasteiger partial charge is 0.362 e. The number of benzene rings is 1. The van der Waals surface area contributed by atoms with Gasteiger partial charge in [-0.25, -0.2) is 0 Å². The molecule has 1 atom stereocenters. The average Bonchev–Trinajstić information content (AvgIpc) is 2.36. The van der Waals surface area contributed by atoms with Crippen LogP contribution in [0, 0.1) is 0 Å². The molecule has 0 aliphatic rings. The average molecular weight is 367 g/mol. The van der Waals surface area contributed by atoms with E-state index in [0.29, 0.717) is 23.1 Å². The Hall–Kier alpha value is -0.750. The van der Waals surface area contributed by atoms with Crippen LogP contribution >= 0.6 is 15.9 Å². The number of halogens is 4. The Morgan fingerprint density at radius 3 is 2.43 bits per heavy atom. The third-order valence-electron chi connectivity index (χ3n) is 3.24. The van der Waals surface area contributed by atoms with E-state index in [9.17, 15) is 13.2 Å². The second-order valence-electron chi connectivity index (χ2n) is 5.19. The van der Waals surface area contributed by atoms with Gasteiger partial charge in [0.2, 0.25) is 0 Å². The Labute approximate surface area is 132 Å². The number of hydrogen-bond acceptors (Lipinski definition) is 2. The van der Waals surface area contributed by atoms with Crippen molar-refractivity contribution < 1.29 is 13.2 Å². The van der Waals surface area contributed by atoms with Crippen molar-refractivity contribution in [1.29, 1.82) is 0 Å². The molecule has 0 amide bonds. The summed E-state index contributed by atoms with van der Waals surface area (Å²) in [6.07, 6.45) is -1.96. The summed E-state index contributed by atoms with van der Waals surface area (Å²) >= 11 is 3.39. The molecule has 0 aromatic heterocycles. The maximum absolute atomic E-state index is 12.7. The van der Waals surface area contributed by atoms with Gasteiger partial charge in [0.15, 0.2) is 0 Å². The van der Waals surface area contributed by atoms with E-state index in [1.54, 1.807) is 6.07 Å². The molecule has 0 aliphatic carbocycles. The lowest BCUT2D eigenvalue weighted by Crippen LogP contribution is -2.35. The Kier molecular flexibility index (Phi) is 7.00. The van der Waals surface area contributed by atoms with Crippen molar-refractivity contribution in [3.05, 3.63) is 28.2 Å². The largest absolute Gasteiger partial charge is 0.405 e. The summed E-state index contributed by atoms with van der Waals surface area (Å²) in [6, 6.07) is 5.53. The zero-order valence-electron chi connectivity index (χ0n) is 12.4. The van der Waals surface area contributed by atoms with Crippen molar-refractivity contribution in [2.24, 2.45) is 5.73 Å². The van der Waals surface area contributed by atoms with Crippen molar-refractivity contribution in [3.63, 3.8) is 0 Å². The Morgan fingerprint density at radius 1 is 1.29 bits per heavy atom. The van der Waals surface area contributed by atoms with Gasteiger partial charge in [0.25, 0.3) is 0 Å². The molecule has 0 saturated carbocycles. The van der Waals surface area contributed by atoms with E-state index in [1.807, 2.05) is 26.0 Å². The van der Waals surface area contributed by atoms with E-state index in [2.05, 4.69) is 15.9 Å². The van der Waals surface area contributed by atoms with E-state index >= 15 is 0 Å². The van der Waals surface area contributed by atoms with Crippen LogP contribution < -0.4 is 10.6 Å². The van der Waals surface area contributed by atoms with Gasteiger partial charge in [-0.3, -0.25) is 0 Å². The lowest BCUT2D eigenvalue weighted by Gasteiger charge is -2.27. The molecule has 0 fully saturated rings. The molecule has 21 heavy (non-hydrogen) atoms. The van der Waals surface area contributed by atoms with Gasteiger partial charge in [-0.2, -0.15) is 13.2 Å². The Balaban J connectivity index is 2.94. The van der Waals surface area contributed by atoms with E-state index < -0.39 is 12.7 Å². The second-order valence-corrected chi connectivity index (χ2v) is 6.05. The number of alkyl halides is 3. The fourth-order valence-corrected chi connectivity index (χ4v) is 2.83. The maximum atomic E-state index is 12.7. The highest BCUT2D eigenvalue weighted by Crippen LogP contribution is 2.30. The topological polar surface area (TPSA) is 29.3 Å². The predicted molar refractivity (Wildman–Crippen MR) is 84.7 cm³/mol. The molecule has 6 heteroatoms. The number of hydrogen-bond donors (Lipinski definition) is 1. The van der Waals surface area contributed by atoms with Gasteiger partial charge in [0.1, 0.15) is 6.54 Å². The zero-order valence-corrected chi connectivity index (χ0v) is 14.0. The minimum Gasteiger partial charge on any atom is -0.362 e. The van der Waals surface area contributed by atoms with Gasteiger partial charge in [-0.15, -0.1) is 0 Å². The van der Waals surface area contributed by atoms with Crippen molar-refractivity contribution in [1.82, 2.24) is 0 Å². The first-order valence-electron chi connectivity index (χ1n) is 7.12. The van der Waals surface area contributed by atoms with Crippen LogP contribution in [0.2, 0.25) is 0 Å². The summed E-state index contributed by atoms with van der Waals surface area (Å²) in [7, 11) is 0. The second kappa shape index (κ2) is 8.03. The molecule has 2 nitrogen and oxygen atoms in total. The number of anilines is 1. The lowest BCUT2D eigenvalue weighted by atomic mass is 10.0. The summed E-state index contributed by atoms with van der Waals surface area (Å²) in [5.41, 5.74) is 7.51. The lowest BCUT2D eigenvalue weighted by molar-refractivity contribution is -0.119. The van der Waals surface area contributed by atoms with Crippen LogP contribution in [0.15, 0.2) is 22.7 Å². The predicted octanol–water partition coefficient (Wildman–Crippen LogP) is 4.51. The molecule has 0 bridgehead atoms. The fourth-order valence-electron chi connectivity index (χ4n) is 2.15. The molecule has 120 valence electrons. The normalized spacial score (nSPS) is 13.3. The van der Waals surface area contributed by atoms with Gasteiger partial charge in [-0.1, -0.05) is 19.9 Å². The Bertz CT molecular complexity index is 449. The molecule has 1 aromatic carbocycles. The number of nitrogens with zero attached hydrogens (tertiary/aromatic N) is 1. The van der Waals surface area contributed by atoms with Crippen LogP contribution in [0.1, 0.15) is 32.3 Å². The van der Waals surface area contributed by atoms with Crippen LogP contribution in [0.25, 0.3) is 0 Å². The molecule has 0 radical (unpaired) electrons. The van der Waals surface area contributed by atoms with Gasteiger partial charge < -0.3 is 10.6 Å². The van der Waals surface area contributed by atoms with E-state index in [-0.39, 0.29) is 6.04 Å². The number of nitrogens with two attached hydrogens (primary N) is 1. The summed E-state index contributed by atoms with van der Waals surface area (Å²) in [5, 5.41) is 0. The zero-order chi connectivity index (χ0) is 16.0. The standard InChI is InChI=1S/C15H22BrF3N2/c1-3-7-21(10-15(17,18)19)14-6-5-11(9-13(14)16)8-12(20)4-2/h5-6,9,12H,3-4,7-8,10,20H2,1-2H3. The molecule has 1 unspecified atom stereocenters. The molecule has 0 heterocycles. The highest BCUT2D eigenvalue weighted by Gasteiger charge is 2.31. The van der Waals surface area contributed by atoms with Crippen LogP contribution in [-0.2, 0) is 6.42 Å². The van der Waals surface area contributed by atoms with E-state index in [1.165, 1.54) is 4.90 Å². The van der Waals surface area contributed by atoms with Crippen molar-refractivity contribution in [2.45, 2.75) is 45.3 Å². The van der Waals surface area contributed by atoms with Crippen molar-refractivity contribution >= 4 is 21.6 Å². The van der Waals surface area contributed by atoms with E-state index in [4.69, 9.17) is 5.73 Å². The van der Waals surface area contributed by atoms with Gasteiger partial charge >= 0.3 is 6.18 Å². The first-order chi connectivity index (χ1) is 9.76. The summed E-state index contributed by atoms with van der Waals surface area (Å²) in [4.78, 5) is 1.35. The molecule has 1 rings (SSSR count). The molecule has 0 saturated heterocycles. The third-order valence-corrected chi connectivity index (χ3v) is 3.87. The van der Waals surface area contributed by atoms with Gasteiger partial charge in [0, 0.05) is 17.1 Å². The quantitative estimate of drug-likeness (QED) is 0.769. The minimum absolute atomic E-state index is 0.0738. The molecular formula is C15H22BrF3N2. The van der Waals surface area contributed by atoms with Crippen molar-refractivity contribution in [2.75, 3.05) is 18.0 Å². The highest BCUT2D eigenvalue weighted by atomic mass is 79.9. The van der Waals surface area contributed by atoms with E-state index in [0.717, 1.165) is 18.4 Å². The molecule has 2 N–H and O–H groups in total. The van der Waals surface area contributed by atoms with Crippen LogP contribution in [0.3, 0.4) is 0 Å². The molecular weight excluding hydrogens is 345 g/mol. The first kappa shape index (κ1) is 18.3. The SMILES string of the molecule is CCCN(CC(F)(F)F)c1ccc(CC(N)CC)cc1Br. The van der Waals surface area contributed by atoms with Crippen molar-refractivity contribution in [3.8, 4) is 0 Å². The summed E-state index contributed by atoms with van der Waals surface area (Å²) in [5.74, 6) is 0. The maximum Gasteiger partial charge on any atom is 0.405 e. The molecule has 0 spiro atoms. The molecule has 1 aromatic rings. The first-order valence-corrected chi connectivity index (χ1v) is 7.91. The van der Waals surface area contributed by atoms with Crippen LogP contribution in [0.5, 0.6) is 0 Å². The highest BCUT2D eigenvalue weighted by molar-refractivity contribution is 9.10. The third kappa shape index (κ3) is 6.26. The Morgan fingerprint density at radius 2 is 1.95 bits per heavy atom. The minimum atomic E-state index is -4.21. The monoisotopic (exact) mass is 366 g/mol. The molecule has 0 aliphatic heterocycles. The fraction of sp³-hybridized carbons (Fsp3) is 0.600. The van der Waals surface area contributed by atoms with Gasteiger partial charge in [-0.05, 0) is 52.9 Å². The van der Waals surface area contributed by atoms with Crippen LogP contribution in [-0.4, -0.2) is 25.3 Å². The van der Waals surface area contributed by atoms with Crippen LogP contribution in [0.4, 0.5) is 18.9 Å².